The predicted octanol–water partition coefficient (Wildman–Crippen LogP) is 2.80. The summed E-state index contributed by atoms with van der Waals surface area (Å²) in [6.45, 7) is 1.71. The van der Waals surface area contributed by atoms with Gasteiger partial charge in [0.1, 0.15) is 0 Å². The second-order valence-electron chi connectivity index (χ2n) is 4.88. The molecule has 0 heterocycles. The Kier molecular flexibility index (Phi) is 4.20. The molecule has 98 valence electrons. The number of anilines is 1. The van der Waals surface area contributed by atoms with Crippen LogP contribution in [0.15, 0.2) is 24.3 Å². The number of hydrogen-bond acceptors (Lipinski definition) is 2. The van der Waals surface area contributed by atoms with Gasteiger partial charge in [-0.15, -0.1) is 0 Å². The normalized spacial score (nSPS) is 17.4. The minimum Gasteiger partial charge on any atom is -0.389 e. The van der Waals surface area contributed by atoms with Gasteiger partial charge in [-0.3, -0.25) is 0 Å². The number of aliphatic hydroxyl groups is 1. The fraction of sp³-hybridized carbons (Fsp3) is 0.500. The zero-order chi connectivity index (χ0) is 13.0. The van der Waals surface area contributed by atoms with E-state index in [2.05, 4.69) is 10.6 Å². The number of amides is 2. The fourth-order valence-electron chi connectivity index (χ4n) is 2.30. The molecule has 4 nitrogen and oxygen atoms in total. The van der Waals surface area contributed by atoms with Gasteiger partial charge in [-0.1, -0.05) is 25.0 Å². The van der Waals surface area contributed by atoms with Crippen LogP contribution in [0.3, 0.4) is 0 Å². The zero-order valence-corrected chi connectivity index (χ0v) is 10.6. The second-order valence-corrected chi connectivity index (χ2v) is 4.88. The van der Waals surface area contributed by atoms with Gasteiger partial charge in [0.15, 0.2) is 0 Å². The van der Waals surface area contributed by atoms with E-state index in [-0.39, 0.29) is 6.03 Å². The Hall–Kier alpha value is -1.55. The van der Waals surface area contributed by atoms with Gasteiger partial charge < -0.3 is 15.7 Å². The summed E-state index contributed by atoms with van der Waals surface area (Å²) in [4.78, 5) is 11.8. The van der Waals surface area contributed by atoms with E-state index in [9.17, 15) is 9.90 Å². The van der Waals surface area contributed by atoms with Gasteiger partial charge in [-0.2, -0.15) is 0 Å². The highest BCUT2D eigenvalue weighted by Gasteiger charge is 2.16. The van der Waals surface area contributed by atoms with Crippen LogP contribution >= 0.6 is 0 Å². The Balaban J connectivity index is 1.91. The molecule has 2 rings (SSSR count). The van der Waals surface area contributed by atoms with Crippen LogP contribution in [0.5, 0.6) is 0 Å². The lowest BCUT2D eigenvalue weighted by molar-refractivity contribution is 0.199. The quantitative estimate of drug-likeness (QED) is 0.770. The number of hydrogen-bond donors (Lipinski definition) is 3. The van der Waals surface area contributed by atoms with Crippen molar-refractivity contribution in [2.24, 2.45) is 0 Å². The van der Waals surface area contributed by atoms with E-state index in [0.29, 0.717) is 11.7 Å². The molecule has 3 N–H and O–H groups in total. The van der Waals surface area contributed by atoms with Crippen LogP contribution in [0.1, 0.15) is 44.3 Å². The summed E-state index contributed by atoms with van der Waals surface area (Å²) in [7, 11) is 0. The first-order valence-corrected chi connectivity index (χ1v) is 6.50. The third kappa shape index (κ3) is 3.47. The lowest BCUT2D eigenvalue weighted by Gasteiger charge is -2.14. The van der Waals surface area contributed by atoms with Crippen molar-refractivity contribution < 1.29 is 9.90 Å². The van der Waals surface area contributed by atoms with Gasteiger partial charge in [-0.05, 0) is 37.5 Å². The highest BCUT2D eigenvalue weighted by Crippen LogP contribution is 2.19. The van der Waals surface area contributed by atoms with E-state index in [0.717, 1.165) is 18.4 Å². The first-order valence-electron chi connectivity index (χ1n) is 6.50. The Bertz CT molecular complexity index is 412. The smallest absolute Gasteiger partial charge is 0.319 e. The molecule has 1 fully saturated rings. The molecule has 0 spiro atoms. The minimum atomic E-state index is -0.523. The number of rotatable bonds is 3. The summed E-state index contributed by atoms with van der Waals surface area (Å²) in [6.07, 6.45) is 4.01. The zero-order valence-electron chi connectivity index (χ0n) is 10.6. The highest BCUT2D eigenvalue weighted by molar-refractivity contribution is 5.89. The molecule has 1 unspecified atom stereocenters. The number of carbonyl (C=O) groups excluding carboxylic acids is 1. The molecule has 0 saturated heterocycles. The molecule has 1 aliphatic carbocycles. The lowest BCUT2D eigenvalue weighted by atomic mass is 10.1. The summed E-state index contributed by atoms with van der Waals surface area (Å²) >= 11 is 0. The first kappa shape index (κ1) is 12.9. The summed E-state index contributed by atoms with van der Waals surface area (Å²) in [5, 5.41) is 15.3. The fourth-order valence-corrected chi connectivity index (χ4v) is 2.30. The van der Waals surface area contributed by atoms with E-state index in [4.69, 9.17) is 0 Å². The SMILES string of the molecule is CC(O)c1cccc(NC(=O)NC2CCCC2)c1. The highest BCUT2D eigenvalue weighted by atomic mass is 16.3. The Labute approximate surface area is 107 Å². The third-order valence-electron chi connectivity index (χ3n) is 3.32. The van der Waals surface area contributed by atoms with Crippen LogP contribution in [0.25, 0.3) is 0 Å². The molecule has 1 saturated carbocycles. The molecular weight excluding hydrogens is 228 g/mol. The van der Waals surface area contributed by atoms with E-state index in [1.54, 1.807) is 13.0 Å². The van der Waals surface area contributed by atoms with Crippen molar-refractivity contribution in [3.8, 4) is 0 Å². The monoisotopic (exact) mass is 248 g/mol. The number of carbonyl (C=O) groups is 1. The van der Waals surface area contributed by atoms with Gasteiger partial charge in [0.2, 0.25) is 0 Å². The summed E-state index contributed by atoms with van der Waals surface area (Å²) in [5.74, 6) is 0. The van der Waals surface area contributed by atoms with E-state index < -0.39 is 6.10 Å². The Morgan fingerprint density at radius 2 is 2.11 bits per heavy atom. The molecule has 2 amide bonds. The van der Waals surface area contributed by atoms with Crippen molar-refractivity contribution >= 4 is 11.7 Å². The Morgan fingerprint density at radius 3 is 2.78 bits per heavy atom. The molecule has 4 heteroatoms. The first-order chi connectivity index (χ1) is 8.65. The number of nitrogens with one attached hydrogen (secondary N) is 2. The predicted molar refractivity (Wildman–Crippen MR) is 71.5 cm³/mol. The van der Waals surface area contributed by atoms with Crippen LogP contribution in [-0.2, 0) is 0 Å². The van der Waals surface area contributed by atoms with Gasteiger partial charge in [-0.25, -0.2) is 4.79 Å². The van der Waals surface area contributed by atoms with Crippen molar-refractivity contribution in [3.63, 3.8) is 0 Å². The van der Waals surface area contributed by atoms with Gasteiger partial charge >= 0.3 is 6.03 Å². The van der Waals surface area contributed by atoms with Gasteiger partial charge in [0, 0.05) is 11.7 Å². The molecule has 0 aromatic heterocycles. The van der Waals surface area contributed by atoms with Crippen LogP contribution in [-0.4, -0.2) is 17.2 Å². The maximum atomic E-state index is 11.8. The third-order valence-corrected chi connectivity index (χ3v) is 3.32. The van der Waals surface area contributed by atoms with Crippen LogP contribution in [0.4, 0.5) is 10.5 Å². The molecule has 1 atom stereocenters. The van der Waals surface area contributed by atoms with Gasteiger partial charge in [0.25, 0.3) is 0 Å². The topological polar surface area (TPSA) is 61.4 Å². The summed E-state index contributed by atoms with van der Waals surface area (Å²) < 4.78 is 0. The van der Waals surface area contributed by atoms with Gasteiger partial charge in [0.05, 0.1) is 6.10 Å². The molecular formula is C14H20N2O2. The van der Waals surface area contributed by atoms with Crippen molar-refractivity contribution in [3.05, 3.63) is 29.8 Å². The van der Waals surface area contributed by atoms with Crippen molar-refractivity contribution in [1.29, 1.82) is 0 Å². The standard InChI is InChI=1S/C14H20N2O2/c1-10(17)11-5-4-8-13(9-11)16-14(18)15-12-6-2-3-7-12/h4-5,8-10,12,17H,2-3,6-7H2,1H3,(H2,15,16,18). The minimum absolute atomic E-state index is 0.162. The lowest BCUT2D eigenvalue weighted by Crippen LogP contribution is -2.36. The van der Waals surface area contributed by atoms with E-state index in [1.165, 1.54) is 12.8 Å². The molecule has 1 aromatic carbocycles. The average molecular weight is 248 g/mol. The van der Waals surface area contributed by atoms with Crippen molar-refractivity contribution in [2.75, 3.05) is 5.32 Å². The molecule has 1 aliphatic rings. The number of aliphatic hydroxyl groups excluding tert-OH is 1. The number of urea groups is 1. The summed E-state index contributed by atoms with van der Waals surface area (Å²) in [5.41, 5.74) is 1.51. The van der Waals surface area contributed by atoms with Crippen LogP contribution < -0.4 is 10.6 Å². The van der Waals surface area contributed by atoms with Crippen LogP contribution in [0, 0.1) is 0 Å². The maximum absolute atomic E-state index is 11.8. The molecule has 0 bridgehead atoms. The molecule has 0 radical (unpaired) electrons. The van der Waals surface area contributed by atoms with Crippen LogP contribution in [0.2, 0.25) is 0 Å². The largest absolute Gasteiger partial charge is 0.389 e. The van der Waals surface area contributed by atoms with Crippen molar-refractivity contribution in [1.82, 2.24) is 5.32 Å². The molecule has 1 aromatic rings. The number of benzene rings is 1. The average Bonchev–Trinajstić information content (AvgIpc) is 2.82. The summed E-state index contributed by atoms with van der Waals surface area (Å²) in [6, 6.07) is 7.42. The van der Waals surface area contributed by atoms with E-state index in [1.807, 2.05) is 18.2 Å². The molecule has 18 heavy (non-hydrogen) atoms. The van der Waals surface area contributed by atoms with Crippen molar-refractivity contribution in [2.45, 2.75) is 44.8 Å². The van der Waals surface area contributed by atoms with E-state index >= 15 is 0 Å². The molecule has 0 aliphatic heterocycles. The Morgan fingerprint density at radius 1 is 1.39 bits per heavy atom. The second kappa shape index (κ2) is 5.87. The maximum Gasteiger partial charge on any atom is 0.319 e.